The van der Waals surface area contributed by atoms with E-state index in [0.717, 1.165) is 78.1 Å². The Bertz CT molecular complexity index is 1850. The number of rotatable bonds is 11. The molecule has 5 heterocycles. The standard InChI is InChI=1S/C36H43N7O4/c1-4-6-25-19-24(2)39-36(47)30(25)23-38-35(46)29-20-27(26-7-8-32(37-22-26)42-17-15-40(3)16-18-42)21-31-28(29)11-14-41(31)12-5-13-43-33(44)9-10-34(43)45/h7-11,14,19-22,33,44H,4-6,12-13,15-18,23H2,1-3H3,(H,38,46)(H,39,47). The fraction of sp³-hybridized carbons (Fsp3) is 0.389. The van der Waals surface area contributed by atoms with Crippen LogP contribution in [0.3, 0.4) is 0 Å². The predicted octanol–water partition coefficient (Wildman–Crippen LogP) is 3.44. The first-order chi connectivity index (χ1) is 22.7. The van der Waals surface area contributed by atoms with E-state index >= 15 is 0 Å². The summed E-state index contributed by atoms with van der Waals surface area (Å²) >= 11 is 0. The molecule has 2 aliphatic rings. The van der Waals surface area contributed by atoms with Crippen molar-refractivity contribution >= 4 is 28.5 Å². The van der Waals surface area contributed by atoms with Gasteiger partial charge in [0.2, 0.25) is 5.91 Å². The number of benzene rings is 1. The molecule has 1 fully saturated rings. The molecule has 3 N–H and O–H groups in total. The van der Waals surface area contributed by atoms with E-state index in [2.05, 4.69) is 44.7 Å². The van der Waals surface area contributed by atoms with Crippen molar-refractivity contribution < 1.29 is 14.7 Å². The maximum Gasteiger partial charge on any atom is 0.253 e. The molecule has 2 amide bonds. The first-order valence-electron chi connectivity index (χ1n) is 16.4. The van der Waals surface area contributed by atoms with Crippen molar-refractivity contribution in [2.75, 3.05) is 44.7 Å². The van der Waals surface area contributed by atoms with Crippen molar-refractivity contribution in [2.45, 2.75) is 52.4 Å². The van der Waals surface area contributed by atoms with Gasteiger partial charge in [0.05, 0.1) is 0 Å². The van der Waals surface area contributed by atoms with Crippen molar-refractivity contribution in [3.63, 3.8) is 0 Å². The largest absolute Gasteiger partial charge is 0.370 e. The van der Waals surface area contributed by atoms with Crippen molar-refractivity contribution in [1.82, 2.24) is 29.7 Å². The van der Waals surface area contributed by atoms with E-state index in [1.807, 2.05) is 49.6 Å². The molecule has 47 heavy (non-hydrogen) atoms. The Balaban J connectivity index is 1.29. The third kappa shape index (κ3) is 7.01. The zero-order valence-electron chi connectivity index (χ0n) is 27.3. The molecule has 1 saturated heterocycles. The Morgan fingerprint density at radius 2 is 1.87 bits per heavy atom. The van der Waals surface area contributed by atoms with Gasteiger partial charge in [0.15, 0.2) is 0 Å². The van der Waals surface area contributed by atoms with E-state index in [9.17, 15) is 19.5 Å². The lowest BCUT2D eigenvalue weighted by atomic mass is 10.00. The first kappa shape index (κ1) is 32.2. The zero-order chi connectivity index (χ0) is 33.1. The second-order valence-electron chi connectivity index (χ2n) is 12.5. The van der Waals surface area contributed by atoms with Gasteiger partial charge in [0.1, 0.15) is 12.0 Å². The number of anilines is 1. The number of aliphatic hydroxyl groups excluding tert-OH is 1. The number of aromatic amines is 1. The van der Waals surface area contributed by atoms with Gasteiger partial charge in [-0.25, -0.2) is 4.98 Å². The lowest BCUT2D eigenvalue weighted by Crippen LogP contribution is -2.44. The second kappa shape index (κ2) is 13.9. The number of pyridine rings is 2. The Kier molecular flexibility index (Phi) is 9.55. The first-order valence-corrected chi connectivity index (χ1v) is 16.4. The highest BCUT2D eigenvalue weighted by atomic mass is 16.3. The monoisotopic (exact) mass is 637 g/mol. The summed E-state index contributed by atoms with van der Waals surface area (Å²) in [6, 6.07) is 12.0. The van der Waals surface area contributed by atoms with Gasteiger partial charge < -0.3 is 34.7 Å². The third-order valence-electron chi connectivity index (χ3n) is 9.16. The van der Waals surface area contributed by atoms with Gasteiger partial charge in [-0.2, -0.15) is 0 Å². The number of amides is 2. The molecular weight excluding hydrogens is 594 g/mol. The molecule has 4 aromatic rings. The van der Waals surface area contributed by atoms with Crippen LogP contribution in [0.1, 0.15) is 46.9 Å². The average molecular weight is 638 g/mol. The van der Waals surface area contributed by atoms with Gasteiger partial charge in [-0.1, -0.05) is 13.3 Å². The Morgan fingerprint density at radius 1 is 1.06 bits per heavy atom. The summed E-state index contributed by atoms with van der Waals surface area (Å²) in [6.07, 6.45) is 8.07. The molecule has 1 unspecified atom stereocenters. The number of piperazine rings is 1. The van der Waals surface area contributed by atoms with Crippen molar-refractivity contribution in [3.8, 4) is 11.1 Å². The van der Waals surface area contributed by atoms with Gasteiger partial charge >= 0.3 is 0 Å². The summed E-state index contributed by atoms with van der Waals surface area (Å²) < 4.78 is 2.08. The molecule has 1 aromatic carbocycles. The fourth-order valence-corrected chi connectivity index (χ4v) is 6.51. The molecule has 11 nitrogen and oxygen atoms in total. The minimum Gasteiger partial charge on any atom is -0.370 e. The molecular formula is C36H43N7O4. The Labute approximate surface area is 274 Å². The number of aryl methyl sites for hydroxylation is 3. The molecule has 6 rings (SSSR count). The Hall–Kier alpha value is -4.74. The molecule has 0 radical (unpaired) electrons. The normalized spacial score (nSPS) is 16.9. The predicted molar refractivity (Wildman–Crippen MR) is 183 cm³/mol. The number of nitrogens with one attached hydrogen (secondary N) is 2. The van der Waals surface area contributed by atoms with Gasteiger partial charge in [-0.3, -0.25) is 14.4 Å². The van der Waals surface area contributed by atoms with Gasteiger partial charge in [-0.05, 0) is 80.4 Å². The lowest BCUT2D eigenvalue weighted by molar-refractivity contribution is -0.130. The highest BCUT2D eigenvalue weighted by molar-refractivity contribution is 6.08. The molecule has 11 heteroatoms. The minimum atomic E-state index is -0.897. The van der Waals surface area contributed by atoms with Gasteiger partial charge in [0.25, 0.3) is 11.5 Å². The minimum absolute atomic E-state index is 0.123. The summed E-state index contributed by atoms with van der Waals surface area (Å²) in [6.45, 7) is 8.88. The van der Waals surface area contributed by atoms with Gasteiger partial charge in [-0.15, -0.1) is 0 Å². The summed E-state index contributed by atoms with van der Waals surface area (Å²) in [7, 11) is 2.13. The summed E-state index contributed by atoms with van der Waals surface area (Å²) in [5, 5.41) is 13.9. The summed E-state index contributed by atoms with van der Waals surface area (Å²) in [5.41, 5.74) is 5.28. The van der Waals surface area contributed by atoms with Crippen LogP contribution in [-0.2, 0) is 24.3 Å². The van der Waals surface area contributed by atoms with E-state index in [-0.39, 0.29) is 23.9 Å². The number of carbonyl (C=O) groups is 2. The maximum atomic E-state index is 13.9. The molecule has 2 aliphatic heterocycles. The van der Waals surface area contributed by atoms with E-state index in [0.29, 0.717) is 30.6 Å². The number of carbonyl (C=O) groups excluding carboxylic acids is 2. The quantitative estimate of drug-likeness (QED) is 0.230. The van der Waals surface area contributed by atoms with Crippen molar-refractivity contribution in [2.24, 2.45) is 0 Å². The van der Waals surface area contributed by atoms with E-state index in [4.69, 9.17) is 4.98 Å². The number of H-pyrrole nitrogens is 1. The number of aromatic nitrogens is 3. The highest BCUT2D eigenvalue weighted by Crippen LogP contribution is 2.30. The van der Waals surface area contributed by atoms with Crippen LogP contribution in [-0.4, -0.2) is 87.3 Å². The van der Waals surface area contributed by atoms with Crippen LogP contribution in [0.25, 0.3) is 22.0 Å². The lowest BCUT2D eigenvalue weighted by Gasteiger charge is -2.33. The van der Waals surface area contributed by atoms with Gasteiger partial charge in [0, 0.05) is 97.6 Å². The number of aliphatic hydroxyl groups is 1. The number of likely N-dealkylation sites (N-methyl/N-ethyl adjacent to an activating group) is 1. The topological polar surface area (TPSA) is 127 Å². The second-order valence-corrected chi connectivity index (χ2v) is 12.5. The zero-order valence-corrected chi connectivity index (χ0v) is 27.3. The third-order valence-corrected chi connectivity index (χ3v) is 9.16. The molecule has 0 spiro atoms. The van der Waals surface area contributed by atoms with Crippen LogP contribution in [0.15, 0.2) is 65.7 Å². The molecule has 0 bridgehead atoms. The van der Waals surface area contributed by atoms with E-state index in [1.165, 1.54) is 17.1 Å². The highest BCUT2D eigenvalue weighted by Gasteiger charge is 2.23. The van der Waals surface area contributed by atoms with Crippen molar-refractivity contribution in [1.29, 1.82) is 0 Å². The smallest absolute Gasteiger partial charge is 0.253 e. The number of fused-ring (bicyclic) bond motifs is 1. The van der Waals surface area contributed by atoms with Crippen LogP contribution in [0.2, 0.25) is 0 Å². The molecule has 246 valence electrons. The molecule has 0 aliphatic carbocycles. The number of hydrogen-bond donors (Lipinski definition) is 3. The summed E-state index contributed by atoms with van der Waals surface area (Å²) in [5.74, 6) is 0.470. The molecule has 3 aromatic heterocycles. The fourth-order valence-electron chi connectivity index (χ4n) is 6.51. The summed E-state index contributed by atoms with van der Waals surface area (Å²) in [4.78, 5) is 52.5. The van der Waals surface area contributed by atoms with E-state index in [1.54, 1.807) is 0 Å². The maximum absolute atomic E-state index is 13.9. The van der Waals surface area contributed by atoms with Crippen LogP contribution >= 0.6 is 0 Å². The molecule has 0 saturated carbocycles. The van der Waals surface area contributed by atoms with Crippen LogP contribution in [0.5, 0.6) is 0 Å². The number of nitrogens with zero attached hydrogens (tertiary/aromatic N) is 5. The Morgan fingerprint density at radius 3 is 2.57 bits per heavy atom. The SMILES string of the molecule is CCCc1cc(C)[nH]c(=O)c1CNC(=O)c1cc(-c2ccc(N3CCN(C)CC3)nc2)cc2c1ccn2CCCN1C(=O)C=CC1O. The van der Waals surface area contributed by atoms with Crippen LogP contribution in [0, 0.1) is 6.92 Å². The van der Waals surface area contributed by atoms with Crippen molar-refractivity contribution in [3.05, 3.63) is 93.7 Å². The number of hydrogen-bond acceptors (Lipinski definition) is 7. The molecule has 1 atom stereocenters. The van der Waals surface area contributed by atoms with Crippen LogP contribution in [0.4, 0.5) is 5.82 Å². The van der Waals surface area contributed by atoms with E-state index < -0.39 is 6.23 Å². The van der Waals surface area contributed by atoms with Crippen LogP contribution < -0.4 is 15.8 Å². The average Bonchev–Trinajstić information content (AvgIpc) is 3.62.